The van der Waals surface area contributed by atoms with Gasteiger partial charge in [0.2, 0.25) is 0 Å². The Balaban J connectivity index is 1.44. The fourth-order valence-electron chi connectivity index (χ4n) is 4.18. The maximum Gasteiger partial charge on any atom is 0.339 e. The summed E-state index contributed by atoms with van der Waals surface area (Å²) < 4.78 is 4.80. The summed E-state index contributed by atoms with van der Waals surface area (Å²) >= 11 is 5.92. The van der Waals surface area contributed by atoms with Gasteiger partial charge in [0, 0.05) is 35.3 Å². The number of benzene rings is 3. The Morgan fingerprint density at radius 1 is 0.971 bits per heavy atom. The Bertz CT molecular complexity index is 1230. The summed E-state index contributed by atoms with van der Waals surface area (Å²) in [5.41, 5.74) is 2.83. The van der Waals surface area contributed by atoms with E-state index in [0.717, 1.165) is 18.4 Å². The standard InChI is InChI=1S/C27H26ClN3O4/c1-35-26(33)23-9-2-3-10-24(23)30-25(32)19-7-4-6-18(16-19)20-8-5-15-31(17-20)27(34)29-22-13-11-21(28)12-14-22/h2-4,6-7,9-14,16,20H,5,8,15,17H2,1H3,(H,29,34)(H,30,32)/t20-/m1/s1. The molecule has 0 aromatic heterocycles. The lowest BCUT2D eigenvalue weighted by atomic mass is 9.89. The van der Waals surface area contributed by atoms with E-state index >= 15 is 0 Å². The highest BCUT2D eigenvalue weighted by atomic mass is 35.5. The van der Waals surface area contributed by atoms with E-state index in [1.165, 1.54) is 7.11 Å². The van der Waals surface area contributed by atoms with Gasteiger partial charge in [-0.1, -0.05) is 35.9 Å². The van der Waals surface area contributed by atoms with Gasteiger partial charge in [-0.25, -0.2) is 9.59 Å². The summed E-state index contributed by atoms with van der Waals surface area (Å²) in [5, 5.41) is 6.33. The molecule has 0 radical (unpaired) electrons. The number of methoxy groups -OCH3 is 1. The van der Waals surface area contributed by atoms with Gasteiger partial charge in [0.05, 0.1) is 18.4 Å². The first-order valence-corrected chi connectivity index (χ1v) is 11.7. The van der Waals surface area contributed by atoms with Gasteiger partial charge in [-0.2, -0.15) is 0 Å². The van der Waals surface area contributed by atoms with Gasteiger partial charge in [-0.15, -0.1) is 0 Å². The van der Waals surface area contributed by atoms with E-state index in [2.05, 4.69) is 10.6 Å². The van der Waals surface area contributed by atoms with Crippen molar-refractivity contribution in [3.8, 4) is 0 Å². The SMILES string of the molecule is COC(=O)c1ccccc1NC(=O)c1cccc([C@@H]2CCCN(C(=O)Nc3ccc(Cl)cc3)C2)c1. The number of nitrogens with zero attached hydrogens (tertiary/aromatic N) is 1. The van der Waals surface area contributed by atoms with E-state index in [9.17, 15) is 14.4 Å². The van der Waals surface area contributed by atoms with Crippen molar-refractivity contribution in [1.29, 1.82) is 0 Å². The number of ether oxygens (including phenoxy) is 1. The number of anilines is 2. The van der Waals surface area contributed by atoms with Crippen LogP contribution in [0.2, 0.25) is 5.02 Å². The van der Waals surface area contributed by atoms with Gasteiger partial charge in [-0.3, -0.25) is 4.79 Å². The molecule has 0 unspecified atom stereocenters. The molecule has 1 atom stereocenters. The van der Waals surface area contributed by atoms with E-state index in [1.807, 2.05) is 18.2 Å². The number of hydrogen-bond donors (Lipinski definition) is 2. The first-order valence-electron chi connectivity index (χ1n) is 11.3. The number of para-hydroxylation sites is 1. The van der Waals surface area contributed by atoms with Gasteiger partial charge in [-0.05, 0) is 66.9 Å². The van der Waals surface area contributed by atoms with E-state index in [1.54, 1.807) is 59.5 Å². The normalized spacial score (nSPS) is 15.3. The van der Waals surface area contributed by atoms with Crippen LogP contribution in [0.5, 0.6) is 0 Å². The van der Waals surface area contributed by atoms with Crippen LogP contribution in [0.1, 0.15) is 45.0 Å². The molecule has 3 aromatic carbocycles. The van der Waals surface area contributed by atoms with Gasteiger partial charge >= 0.3 is 12.0 Å². The van der Waals surface area contributed by atoms with Crippen LogP contribution in [0, 0.1) is 0 Å². The van der Waals surface area contributed by atoms with E-state index < -0.39 is 5.97 Å². The third-order valence-electron chi connectivity index (χ3n) is 6.00. The second-order valence-corrected chi connectivity index (χ2v) is 8.78. The second kappa shape index (κ2) is 11.1. The van der Waals surface area contributed by atoms with Crippen LogP contribution < -0.4 is 10.6 Å². The molecule has 4 rings (SSSR count). The highest BCUT2D eigenvalue weighted by molar-refractivity contribution is 6.30. The summed E-state index contributed by atoms with van der Waals surface area (Å²) in [5.74, 6) is -0.736. The smallest absolute Gasteiger partial charge is 0.339 e. The van der Waals surface area contributed by atoms with E-state index in [0.29, 0.717) is 35.1 Å². The summed E-state index contributed by atoms with van der Waals surface area (Å²) in [6.45, 7) is 1.22. The third kappa shape index (κ3) is 6.00. The van der Waals surface area contributed by atoms with Gasteiger partial charge < -0.3 is 20.3 Å². The van der Waals surface area contributed by atoms with Crippen LogP contribution >= 0.6 is 11.6 Å². The lowest BCUT2D eigenvalue weighted by Gasteiger charge is -2.33. The Morgan fingerprint density at radius 2 is 1.74 bits per heavy atom. The zero-order chi connectivity index (χ0) is 24.8. The fraction of sp³-hybridized carbons (Fsp3) is 0.222. The molecule has 3 aromatic rings. The monoisotopic (exact) mass is 491 g/mol. The van der Waals surface area contributed by atoms with E-state index in [-0.39, 0.29) is 23.4 Å². The third-order valence-corrected chi connectivity index (χ3v) is 6.26. The van der Waals surface area contributed by atoms with Crippen LogP contribution in [0.3, 0.4) is 0 Å². The minimum atomic E-state index is -0.520. The molecule has 0 saturated carbocycles. The Morgan fingerprint density at radius 3 is 2.51 bits per heavy atom. The molecule has 1 heterocycles. The topological polar surface area (TPSA) is 87.7 Å². The number of amides is 3. The molecule has 2 N–H and O–H groups in total. The summed E-state index contributed by atoms with van der Waals surface area (Å²) in [6, 6.07) is 20.9. The zero-order valence-electron chi connectivity index (χ0n) is 19.3. The van der Waals surface area contributed by atoms with Crippen molar-refractivity contribution in [2.75, 3.05) is 30.8 Å². The van der Waals surface area contributed by atoms with Crippen molar-refractivity contribution in [1.82, 2.24) is 4.90 Å². The number of hydrogen-bond acceptors (Lipinski definition) is 4. The quantitative estimate of drug-likeness (QED) is 0.442. The fourth-order valence-corrected chi connectivity index (χ4v) is 4.30. The molecule has 1 fully saturated rings. The van der Waals surface area contributed by atoms with Crippen LogP contribution in [0.15, 0.2) is 72.8 Å². The van der Waals surface area contributed by atoms with Crippen LogP contribution in [-0.4, -0.2) is 43.0 Å². The van der Waals surface area contributed by atoms with Crippen molar-refractivity contribution >= 4 is 40.9 Å². The van der Waals surface area contributed by atoms with Gasteiger partial charge in [0.15, 0.2) is 0 Å². The van der Waals surface area contributed by atoms with Crippen molar-refractivity contribution in [3.05, 3.63) is 94.5 Å². The van der Waals surface area contributed by atoms with Crippen LogP contribution in [0.4, 0.5) is 16.2 Å². The molecule has 180 valence electrons. The molecule has 0 aliphatic carbocycles. The zero-order valence-corrected chi connectivity index (χ0v) is 20.0. The number of piperidine rings is 1. The highest BCUT2D eigenvalue weighted by Gasteiger charge is 2.25. The number of rotatable bonds is 5. The predicted molar refractivity (Wildman–Crippen MR) is 136 cm³/mol. The first-order chi connectivity index (χ1) is 16.9. The number of likely N-dealkylation sites (tertiary alicyclic amines) is 1. The lowest BCUT2D eigenvalue weighted by Crippen LogP contribution is -2.41. The summed E-state index contributed by atoms with van der Waals surface area (Å²) in [7, 11) is 1.30. The first kappa shape index (κ1) is 24.3. The molecule has 8 heteroatoms. The van der Waals surface area contributed by atoms with Crippen molar-refractivity contribution in [2.24, 2.45) is 0 Å². The number of nitrogens with one attached hydrogen (secondary N) is 2. The molecule has 35 heavy (non-hydrogen) atoms. The maximum absolute atomic E-state index is 13.0. The molecular formula is C27H26ClN3O4. The minimum Gasteiger partial charge on any atom is -0.465 e. The van der Waals surface area contributed by atoms with Crippen LogP contribution in [-0.2, 0) is 4.74 Å². The molecule has 1 saturated heterocycles. The van der Waals surface area contributed by atoms with Crippen LogP contribution in [0.25, 0.3) is 0 Å². The summed E-state index contributed by atoms with van der Waals surface area (Å²) in [6.07, 6.45) is 1.78. The predicted octanol–water partition coefficient (Wildman–Crippen LogP) is 5.79. The maximum atomic E-state index is 13.0. The van der Waals surface area contributed by atoms with Gasteiger partial charge in [0.25, 0.3) is 5.91 Å². The largest absolute Gasteiger partial charge is 0.465 e. The molecular weight excluding hydrogens is 466 g/mol. The number of carbonyl (C=O) groups excluding carboxylic acids is 3. The molecule has 0 bridgehead atoms. The number of halogens is 1. The number of esters is 1. The number of carbonyl (C=O) groups is 3. The highest BCUT2D eigenvalue weighted by Crippen LogP contribution is 2.28. The van der Waals surface area contributed by atoms with Crippen molar-refractivity contribution in [3.63, 3.8) is 0 Å². The average molecular weight is 492 g/mol. The molecule has 1 aliphatic rings. The van der Waals surface area contributed by atoms with E-state index in [4.69, 9.17) is 16.3 Å². The van der Waals surface area contributed by atoms with Crippen molar-refractivity contribution < 1.29 is 19.1 Å². The number of urea groups is 1. The Labute approximate surface area is 209 Å². The molecule has 0 spiro atoms. The lowest BCUT2D eigenvalue weighted by molar-refractivity contribution is 0.0602. The minimum absolute atomic E-state index is 0.106. The summed E-state index contributed by atoms with van der Waals surface area (Å²) in [4.78, 5) is 39.6. The Kier molecular flexibility index (Phi) is 7.67. The second-order valence-electron chi connectivity index (χ2n) is 8.34. The van der Waals surface area contributed by atoms with Crippen molar-refractivity contribution in [2.45, 2.75) is 18.8 Å². The average Bonchev–Trinajstić information content (AvgIpc) is 2.90. The molecule has 3 amide bonds. The molecule has 1 aliphatic heterocycles. The van der Waals surface area contributed by atoms with Gasteiger partial charge in [0.1, 0.15) is 0 Å². The Hall–Kier alpha value is -3.84. The molecule has 7 nitrogen and oxygen atoms in total.